The highest BCUT2D eigenvalue weighted by Crippen LogP contribution is 2.37. The number of aromatic nitrogens is 2. The van der Waals surface area contributed by atoms with Crippen molar-refractivity contribution in [1.29, 1.82) is 0 Å². The van der Waals surface area contributed by atoms with E-state index >= 15 is 0 Å². The summed E-state index contributed by atoms with van der Waals surface area (Å²) in [7, 11) is 0. The van der Waals surface area contributed by atoms with Gasteiger partial charge in [0, 0.05) is 12.1 Å². The molecule has 1 fully saturated rings. The van der Waals surface area contributed by atoms with Gasteiger partial charge >= 0.3 is 0 Å². The van der Waals surface area contributed by atoms with Gasteiger partial charge in [0.05, 0.1) is 5.41 Å². The Morgan fingerprint density at radius 1 is 1.43 bits per heavy atom. The zero-order valence-electron chi connectivity index (χ0n) is 12.1. The number of halogens is 1. The first-order chi connectivity index (χ1) is 10.0. The number of phenolic OH excluding ortho intramolecular Hbond substituents is 1. The Labute approximate surface area is 122 Å². The smallest absolute Gasteiger partial charge is 0.234 e. The van der Waals surface area contributed by atoms with Gasteiger partial charge in [-0.3, -0.25) is 0 Å². The Morgan fingerprint density at radius 3 is 2.86 bits per heavy atom. The van der Waals surface area contributed by atoms with Crippen LogP contribution in [-0.2, 0) is 5.41 Å². The van der Waals surface area contributed by atoms with Gasteiger partial charge in [-0.25, -0.2) is 4.39 Å². The molecule has 21 heavy (non-hydrogen) atoms. The van der Waals surface area contributed by atoms with Crippen molar-refractivity contribution in [3.8, 4) is 17.1 Å². The molecule has 0 spiro atoms. The summed E-state index contributed by atoms with van der Waals surface area (Å²) in [5.74, 6) is 0.209. The summed E-state index contributed by atoms with van der Waals surface area (Å²) in [5.41, 5.74) is 0.325. The van der Waals surface area contributed by atoms with Crippen LogP contribution in [0.1, 0.15) is 26.2 Å². The van der Waals surface area contributed by atoms with Crippen molar-refractivity contribution in [2.75, 3.05) is 13.1 Å². The van der Waals surface area contributed by atoms with E-state index in [4.69, 9.17) is 4.52 Å². The quantitative estimate of drug-likeness (QED) is 0.909. The van der Waals surface area contributed by atoms with E-state index in [-0.39, 0.29) is 11.2 Å². The van der Waals surface area contributed by atoms with E-state index in [1.807, 2.05) is 0 Å². The van der Waals surface area contributed by atoms with Crippen LogP contribution in [0.4, 0.5) is 4.39 Å². The highest BCUT2D eigenvalue weighted by Gasteiger charge is 2.43. The van der Waals surface area contributed by atoms with Gasteiger partial charge in [-0.2, -0.15) is 4.98 Å². The van der Waals surface area contributed by atoms with Crippen molar-refractivity contribution >= 4 is 0 Å². The number of aromatic hydroxyl groups is 1. The number of hydrogen-bond donors (Lipinski definition) is 2. The van der Waals surface area contributed by atoms with Gasteiger partial charge in [0.15, 0.2) is 11.6 Å². The molecule has 1 aromatic heterocycles. The molecule has 0 saturated carbocycles. The highest BCUT2D eigenvalue weighted by atomic mass is 19.1. The van der Waals surface area contributed by atoms with Gasteiger partial charge < -0.3 is 14.9 Å². The zero-order chi connectivity index (χ0) is 15.0. The van der Waals surface area contributed by atoms with Gasteiger partial charge in [-0.15, -0.1) is 0 Å². The Bertz CT molecular complexity index is 648. The fraction of sp³-hybridized carbons (Fsp3) is 0.467. The van der Waals surface area contributed by atoms with Crippen LogP contribution in [0.15, 0.2) is 22.7 Å². The molecule has 2 N–H and O–H groups in total. The molecule has 5 nitrogen and oxygen atoms in total. The molecule has 1 atom stereocenters. The summed E-state index contributed by atoms with van der Waals surface area (Å²) in [4.78, 5) is 4.46. The van der Waals surface area contributed by atoms with Crippen molar-refractivity contribution in [1.82, 2.24) is 15.5 Å². The van der Waals surface area contributed by atoms with E-state index in [1.54, 1.807) is 6.07 Å². The first kappa shape index (κ1) is 14.0. The molecule has 6 heteroatoms. The molecular weight excluding hydrogens is 273 g/mol. The van der Waals surface area contributed by atoms with Crippen molar-refractivity contribution in [2.24, 2.45) is 5.92 Å². The third kappa shape index (κ3) is 2.29. The molecule has 3 rings (SSSR count). The summed E-state index contributed by atoms with van der Waals surface area (Å²) >= 11 is 0. The van der Waals surface area contributed by atoms with Gasteiger partial charge in [-0.05, 0) is 37.1 Å². The van der Waals surface area contributed by atoms with E-state index in [0.717, 1.165) is 19.5 Å². The van der Waals surface area contributed by atoms with Crippen molar-refractivity contribution < 1.29 is 14.0 Å². The molecule has 2 heterocycles. The van der Waals surface area contributed by atoms with Crippen LogP contribution in [0, 0.1) is 11.7 Å². The molecule has 112 valence electrons. The largest absolute Gasteiger partial charge is 0.505 e. The second-order valence-corrected chi connectivity index (χ2v) is 5.83. The first-order valence-corrected chi connectivity index (χ1v) is 7.07. The topological polar surface area (TPSA) is 71.2 Å². The zero-order valence-corrected chi connectivity index (χ0v) is 12.1. The standard InChI is InChI=1S/C15H18FN3O2/c1-9(2)15(5-6-17-8-15)14-18-13(19-21-14)10-3-4-12(20)11(16)7-10/h3-4,7,9,17,20H,5-6,8H2,1-2H3. The molecule has 1 aliphatic heterocycles. The number of phenols is 1. The van der Waals surface area contributed by atoms with Crippen molar-refractivity contribution in [3.63, 3.8) is 0 Å². The summed E-state index contributed by atoms with van der Waals surface area (Å²) in [6, 6.07) is 4.07. The van der Waals surface area contributed by atoms with Gasteiger partial charge in [0.1, 0.15) is 0 Å². The summed E-state index contributed by atoms with van der Waals surface area (Å²) < 4.78 is 18.9. The normalized spacial score (nSPS) is 22.1. The molecule has 1 aliphatic rings. The summed E-state index contributed by atoms with van der Waals surface area (Å²) in [6.07, 6.45) is 0.941. The highest BCUT2D eigenvalue weighted by molar-refractivity contribution is 5.56. The Morgan fingerprint density at radius 2 is 2.24 bits per heavy atom. The van der Waals surface area contributed by atoms with Crippen LogP contribution in [0.5, 0.6) is 5.75 Å². The lowest BCUT2D eigenvalue weighted by Gasteiger charge is -2.27. The number of benzene rings is 1. The van der Waals surface area contributed by atoms with Crippen LogP contribution in [0.25, 0.3) is 11.4 Å². The van der Waals surface area contributed by atoms with Crippen LogP contribution >= 0.6 is 0 Å². The summed E-state index contributed by atoms with van der Waals surface area (Å²) in [5, 5.41) is 16.5. The Balaban J connectivity index is 1.97. The number of hydrogen-bond acceptors (Lipinski definition) is 5. The number of nitrogens with zero attached hydrogens (tertiary/aromatic N) is 2. The van der Waals surface area contributed by atoms with Crippen LogP contribution in [0.2, 0.25) is 0 Å². The fourth-order valence-corrected chi connectivity index (χ4v) is 2.82. The maximum absolute atomic E-state index is 13.4. The lowest BCUT2D eigenvalue weighted by Crippen LogP contribution is -2.35. The molecule has 0 amide bonds. The Hall–Kier alpha value is -1.95. The monoisotopic (exact) mass is 291 g/mol. The number of nitrogens with one attached hydrogen (secondary N) is 1. The molecule has 1 saturated heterocycles. The average Bonchev–Trinajstić information content (AvgIpc) is 3.10. The maximum Gasteiger partial charge on any atom is 0.234 e. The first-order valence-electron chi connectivity index (χ1n) is 7.07. The third-order valence-corrected chi connectivity index (χ3v) is 4.35. The van der Waals surface area contributed by atoms with E-state index in [2.05, 4.69) is 29.3 Å². The maximum atomic E-state index is 13.4. The SMILES string of the molecule is CC(C)C1(c2nc(-c3ccc(O)c(F)c3)no2)CCNC1. The number of rotatable bonds is 3. The Kier molecular flexibility index (Phi) is 3.41. The van der Waals surface area contributed by atoms with Gasteiger partial charge in [0.2, 0.25) is 11.7 Å². The average molecular weight is 291 g/mol. The van der Waals surface area contributed by atoms with Crippen LogP contribution in [-0.4, -0.2) is 28.3 Å². The van der Waals surface area contributed by atoms with E-state index in [1.165, 1.54) is 12.1 Å². The van der Waals surface area contributed by atoms with Crippen LogP contribution in [0.3, 0.4) is 0 Å². The molecular formula is C15H18FN3O2. The fourth-order valence-electron chi connectivity index (χ4n) is 2.82. The molecule has 0 aliphatic carbocycles. The third-order valence-electron chi connectivity index (χ3n) is 4.35. The van der Waals surface area contributed by atoms with Crippen molar-refractivity contribution in [2.45, 2.75) is 25.7 Å². The molecule has 2 aromatic rings. The molecule has 0 bridgehead atoms. The van der Waals surface area contributed by atoms with E-state index < -0.39 is 5.82 Å². The van der Waals surface area contributed by atoms with Crippen molar-refractivity contribution in [3.05, 3.63) is 29.9 Å². The van der Waals surface area contributed by atoms with Crippen LogP contribution < -0.4 is 5.32 Å². The van der Waals surface area contributed by atoms with E-state index in [0.29, 0.717) is 23.2 Å². The summed E-state index contributed by atoms with van der Waals surface area (Å²) in [6.45, 7) is 5.99. The van der Waals surface area contributed by atoms with E-state index in [9.17, 15) is 9.50 Å². The second kappa shape index (κ2) is 5.11. The van der Waals surface area contributed by atoms with Gasteiger partial charge in [-0.1, -0.05) is 19.0 Å². The molecule has 0 radical (unpaired) electrons. The minimum atomic E-state index is -0.694. The minimum absolute atomic E-state index is 0.166. The predicted octanol–water partition coefficient (Wildman–Crippen LogP) is 2.47. The molecule has 1 unspecified atom stereocenters. The lowest BCUT2D eigenvalue weighted by molar-refractivity contribution is 0.234. The molecule has 1 aromatic carbocycles. The predicted molar refractivity (Wildman–Crippen MR) is 75.4 cm³/mol. The minimum Gasteiger partial charge on any atom is -0.505 e. The van der Waals surface area contributed by atoms with Gasteiger partial charge in [0.25, 0.3) is 0 Å². The lowest BCUT2D eigenvalue weighted by atomic mass is 9.76. The second-order valence-electron chi connectivity index (χ2n) is 5.83.